The highest BCUT2D eigenvalue weighted by Crippen LogP contribution is 2.24. The quantitative estimate of drug-likeness (QED) is 0.903. The van der Waals surface area contributed by atoms with Gasteiger partial charge in [0, 0.05) is 11.6 Å². The Labute approximate surface area is 107 Å². The second-order valence-electron chi connectivity index (χ2n) is 4.10. The van der Waals surface area contributed by atoms with Crippen molar-refractivity contribution in [3.8, 4) is 0 Å². The fourth-order valence-corrected chi connectivity index (χ4v) is 2.40. The van der Waals surface area contributed by atoms with E-state index in [-0.39, 0.29) is 0 Å². The molecule has 3 nitrogen and oxygen atoms in total. The van der Waals surface area contributed by atoms with Crippen molar-refractivity contribution in [1.82, 2.24) is 14.9 Å². The molecule has 92 valence electrons. The molecule has 0 amide bonds. The van der Waals surface area contributed by atoms with Crippen molar-refractivity contribution in [2.24, 2.45) is 0 Å². The predicted octanol–water partition coefficient (Wildman–Crippen LogP) is 3.38. The SMILES string of the molecule is CCC(NC)c1nc2cc(Cl)ccc2n1CC. The Hall–Kier alpha value is -1.06. The summed E-state index contributed by atoms with van der Waals surface area (Å²) < 4.78 is 2.25. The van der Waals surface area contributed by atoms with Gasteiger partial charge in [0.15, 0.2) is 0 Å². The van der Waals surface area contributed by atoms with Crippen molar-refractivity contribution < 1.29 is 0 Å². The maximum absolute atomic E-state index is 6.01. The first-order chi connectivity index (χ1) is 8.21. The highest BCUT2D eigenvalue weighted by atomic mass is 35.5. The van der Waals surface area contributed by atoms with Crippen molar-refractivity contribution in [1.29, 1.82) is 0 Å². The van der Waals surface area contributed by atoms with Crippen molar-refractivity contribution >= 4 is 22.6 Å². The molecule has 1 aromatic carbocycles. The molecule has 1 unspecified atom stereocenters. The standard InChI is InChI=1S/C13H18ClN3/c1-4-10(15-3)13-16-11-8-9(14)6-7-12(11)17(13)5-2/h6-8,10,15H,4-5H2,1-3H3. The molecule has 0 spiro atoms. The van der Waals surface area contributed by atoms with E-state index in [9.17, 15) is 0 Å². The van der Waals surface area contributed by atoms with Gasteiger partial charge in [-0.25, -0.2) is 4.98 Å². The number of halogens is 1. The zero-order valence-corrected chi connectivity index (χ0v) is 11.3. The first-order valence-electron chi connectivity index (χ1n) is 6.04. The van der Waals surface area contributed by atoms with Crippen LogP contribution in [0.4, 0.5) is 0 Å². The number of nitrogens with zero attached hydrogens (tertiary/aromatic N) is 2. The zero-order valence-electron chi connectivity index (χ0n) is 10.5. The molecule has 0 saturated heterocycles. The minimum absolute atomic E-state index is 0.293. The van der Waals surface area contributed by atoms with Crippen LogP contribution in [-0.2, 0) is 6.54 Å². The van der Waals surface area contributed by atoms with Crippen molar-refractivity contribution in [3.05, 3.63) is 29.0 Å². The Balaban J connectivity index is 2.62. The molecule has 2 aromatic rings. The van der Waals surface area contributed by atoms with Crippen LogP contribution in [0.3, 0.4) is 0 Å². The maximum Gasteiger partial charge on any atom is 0.127 e. The number of aromatic nitrogens is 2. The predicted molar refractivity (Wildman–Crippen MR) is 72.5 cm³/mol. The van der Waals surface area contributed by atoms with Gasteiger partial charge >= 0.3 is 0 Å². The van der Waals surface area contributed by atoms with Gasteiger partial charge in [-0.3, -0.25) is 0 Å². The average molecular weight is 252 g/mol. The Morgan fingerprint density at radius 2 is 2.18 bits per heavy atom. The van der Waals surface area contributed by atoms with Crippen LogP contribution in [0.2, 0.25) is 5.02 Å². The van der Waals surface area contributed by atoms with Crippen LogP contribution in [0, 0.1) is 0 Å². The number of nitrogens with one attached hydrogen (secondary N) is 1. The molecule has 0 saturated carbocycles. The van der Waals surface area contributed by atoms with E-state index < -0.39 is 0 Å². The van der Waals surface area contributed by atoms with Crippen molar-refractivity contribution in [2.75, 3.05) is 7.05 Å². The van der Waals surface area contributed by atoms with Gasteiger partial charge in [0.2, 0.25) is 0 Å². The summed E-state index contributed by atoms with van der Waals surface area (Å²) in [5, 5.41) is 4.04. The number of fused-ring (bicyclic) bond motifs is 1. The first kappa shape index (κ1) is 12.4. The Bertz CT molecular complexity index is 515. The molecule has 1 N–H and O–H groups in total. The number of rotatable bonds is 4. The Kier molecular flexibility index (Phi) is 3.69. The van der Waals surface area contributed by atoms with Crippen LogP contribution in [-0.4, -0.2) is 16.6 Å². The molecule has 0 aliphatic rings. The average Bonchev–Trinajstić information content (AvgIpc) is 2.68. The van der Waals surface area contributed by atoms with Crippen LogP contribution < -0.4 is 5.32 Å². The largest absolute Gasteiger partial charge is 0.327 e. The number of benzene rings is 1. The van der Waals surface area contributed by atoms with E-state index in [1.807, 2.05) is 25.2 Å². The molecular weight excluding hydrogens is 234 g/mol. The lowest BCUT2D eigenvalue weighted by atomic mass is 10.2. The smallest absolute Gasteiger partial charge is 0.127 e. The summed E-state index contributed by atoms with van der Waals surface area (Å²) >= 11 is 6.01. The lowest BCUT2D eigenvalue weighted by molar-refractivity contribution is 0.517. The minimum atomic E-state index is 0.293. The molecule has 0 radical (unpaired) electrons. The van der Waals surface area contributed by atoms with Gasteiger partial charge in [-0.15, -0.1) is 0 Å². The molecule has 1 heterocycles. The molecule has 2 rings (SSSR count). The number of imidazole rings is 1. The fraction of sp³-hybridized carbons (Fsp3) is 0.462. The van der Waals surface area contributed by atoms with Crippen molar-refractivity contribution in [2.45, 2.75) is 32.9 Å². The van der Waals surface area contributed by atoms with Gasteiger partial charge in [-0.2, -0.15) is 0 Å². The molecule has 0 aliphatic carbocycles. The minimum Gasteiger partial charge on any atom is -0.327 e. The number of hydrogen-bond acceptors (Lipinski definition) is 2. The first-order valence-corrected chi connectivity index (χ1v) is 6.42. The Morgan fingerprint density at radius 1 is 1.41 bits per heavy atom. The van der Waals surface area contributed by atoms with Gasteiger partial charge in [0.1, 0.15) is 5.82 Å². The molecule has 4 heteroatoms. The molecule has 0 fully saturated rings. The molecule has 1 atom stereocenters. The van der Waals surface area contributed by atoms with E-state index in [0.29, 0.717) is 6.04 Å². The lowest BCUT2D eigenvalue weighted by Crippen LogP contribution is -2.19. The summed E-state index contributed by atoms with van der Waals surface area (Å²) in [4.78, 5) is 4.70. The molecular formula is C13H18ClN3. The Morgan fingerprint density at radius 3 is 2.76 bits per heavy atom. The van der Waals surface area contributed by atoms with Crippen LogP contribution in [0.25, 0.3) is 11.0 Å². The number of aryl methyl sites for hydroxylation is 1. The van der Waals surface area contributed by atoms with E-state index in [1.165, 1.54) is 0 Å². The number of hydrogen-bond donors (Lipinski definition) is 1. The summed E-state index contributed by atoms with van der Waals surface area (Å²) in [7, 11) is 1.97. The van der Waals surface area contributed by atoms with Gasteiger partial charge < -0.3 is 9.88 Å². The van der Waals surface area contributed by atoms with Gasteiger partial charge in [0.25, 0.3) is 0 Å². The highest BCUT2D eigenvalue weighted by Gasteiger charge is 2.16. The van der Waals surface area contributed by atoms with E-state index in [0.717, 1.165) is 34.8 Å². The topological polar surface area (TPSA) is 29.9 Å². The second-order valence-corrected chi connectivity index (χ2v) is 4.53. The molecule has 0 aliphatic heterocycles. The van der Waals surface area contributed by atoms with Crippen LogP contribution in [0.15, 0.2) is 18.2 Å². The molecule has 0 bridgehead atoms. The summed E-state index contributed by atoms with van der Waals surface area (Å²) in [6.07, 6.45) is 1.02. The third kappa shape index (κ3) is 2.17. The molecule has 17 heavy (non-hydrogen) atoms. The van der Waals surface area contributed by atoms with Gasteiger partial charge in [0.05, 0.1) is 17.1 Å². The van der Waals surface area contributed by atoms with E-state index >= 15 is 0 Å². The highest BCUT2D eigenvalue weighted by molar-refractivity contribution is 6.31. The van der Waals surface area contributed by atoms with E-state index in [2.05, 4.69) is 23.7 Å². The monoisotopic (exact) mass is 251 g/mol. The summed E-state index contributed by atoms with van der Waals surface area (Å²) in [6, 6.07) is 6.18. The van der Waals surface area contributed by atoms with Gasteiger partial charge in [-0.1, -0.05) is 18.5 Å². The van der Waals surface area contributed by atoms with E-state index in [4.69, 9.17) is 16.6 Å². The third-order valence-electron chi connectivity index (χ3n) is 3.12. The zero-order chi connectivity index (χ0) is 12.4. The van der Waals surface area contributed by atoms with Crippen LogP contribution in [0.1, 0.15) is 32.1 Å². The third-order valence-corrected chi connectivity index (χ3v) is 3.36. The second kappa shape index (κ2) is 5.07. The maximum atomic E-state index is 6.01. The summed E-state index contributed by atoms with van der Waals surface area (Å²) in [6.45, 7) is 5.22. The lowest BCUT2D eigenvalue weighted by Gasteiger charge is -2.15. The van der Waals surface area contributed by atoms with Crippen LogP contribution >= 0.6 is 11.6 Å². The van der Waals surface area contributed by atoms with Crippen molar-refractivity contribution in [3.63, 3.8) is 0 Å². The van der Waals surface area contributed by atoms with Crippen LogP contribution in [0.5, 0.6) is 0 Å². The fourth-order valence-electron chi connectivity index (χ4n) is 2.24. The summed E-state index contributed by atoms with van der Waals surface area (Å²) in [5.41, 5.74) is 2.13. The summed E-state index contributed by atoms with van der Waals surface area (Å²) in [5.74, 6) is 1.09. The van der Waals surface area contributed by atoms with E-state index in [1.54, 1.807) is 0 Å². The van der Waals surface area contributed by atoms with Gasteiger partial charge in [-0.05, 0) is 38.6 Å². The molecule has 1 aromatic heterocycles. The normalized spacial score (nSPS) is 13.2.